The Kier molecular flexibility index (Phi) is 3.14. The summed E-state index contributed by atoms with van der Waals surface area (Å²) in [5.41, 5.74) is 5.92. The number of benzene rings is 1. The molecule has 15 heavy (non-hydrogen) atoms. The van der Waals surface area contributed by atoms with E-state index in [9.17, 15) is 4.79 Å². The quantitative estimate of drug-likeness (QED) is 0.861. The molecule has 0 aliphatic heterocycles. The standard InChI is InChI=1S/C9H7ClN2OS2/c10-5-1-2-7-6(3-5)12-9(15-7)14-4-8(11)13/h1-3H,4H2,(H2,11,13). The molecule has 1 aromatic carbocycles. The second kappa shape index (κ2) is 4.38. The minimum absolute atomic E-state index is 0.257. The molecule has 6 heteroatoms. The first-order valence-corrected chi connectivity index (χ1v) is 6.30. The van der Waals surface area contributed by atoms with Crippen LogP contribution in [0.2, 0.25) is 5.02 Å². The van der Waals surface area contributed by atoms with Crippen LogP contribution in [-0.2, 0) is 4.79 Å². The summed E-state index contributed by atoms with van der Waals surface area (Å²) in [7, 11) is 0. The second-order valence-corrected chi connectivity index (χ2v) is 5.54. The highest BCUT2D eigenvalue weighted by Gasteiger charge is 2.05. The third kappa shape index (κ3) is 2.62. The molecule has 0 saturated carbocycles. The minimum atomic E-state index is -0.336. The SMILES string of the molecule is NC(=O)CSc1nc2cc(Cl)ccc2s1. The number of halogens is 1. The molecule has 0 aliphatic rings. The molecule has 0 atom stereocenters. The summed E-state index contributed by atoms with van der Waals surface area (Å²) in [4.78, 5) is 14.9. The molecule has 2 aromatic rings. The van der Waals surface area contributed by atoms with Crippen LogP contribution in [0.1, 0.15) is 0 Å². The van der Waals surface area contributed by atoms with E-state index in [1.165, 1.54) is 23.1 Å². The van der Waals surface area contributed by atoms with Gasteiger partial charge in [-0.15, -0.1) is 11.3 Å². The lowest BCUT2D eigenvalue weighted by atomic mass is 10.3. The maximum absolute atomic E-state index is 10.6. The minimum Gasteiger partial charge on any atom is -0.369 e. The topological polar surface area (TPSA) is 56.0 Å². The van der Waals surface area contributed by atoms with Crippen LogP contribution < -0.4 is 5.73 Å². The van der Waals surface area contributed by atoms with Crippen molar-refractivity contribution in [3.63, 3.8) is 0 Å². The van der Waals surface area contributed by atoms with E-state index in [0.717, 1.165) is 14.6 Å². The molecule has 1 heterocycles. The Labute approximate surface area is 99.6 Å². The van der Waals surface area contributed by atoms with E-state index in [2.05, 4.69) is 4.98 Å². The van der Waals surface area contributed by atoms with E-state index in [1.807, 2.05) is 18.2 Å². The molecule has 78 valence electrons. The zero-order valence-corrected chi connectivity index (χ0v) is 9.96. The van der Waals surface area contributed by atoms with Crippen molar-refractivity contribution in [2.75, 3.05) is 5.75 Å². The van der Waals surface area contributed by atoms with Crippen molar-refractivity contribution < 1.29 is 4.79 Å². The molecule has 2 N–H and O–H groups in total. The van der Waals surface area contributed by atoms with Crippen molar-refractivity contribution in [2.45, 2.75) is 4.34 Å². The van der Waals surface area contributed by atoms with Gasteiger partial charge in [-0.2, -0.15) is 0 Å². The maximum Gasteiger partial charge on any atom is 0.227 e. The van der Waals surface area contributed by atoms with Gasteiger partial charge in [-0.25, -0.2) is 4.98 Å². The molecule has 0 unspecified atom stereocenters. The van der Waals surface area contributed by atoms with Crippen LogP contribution >= 0.6 is 34.7 Å². The average molecular weight is 259 g/mol. The third-order valence-corrected chi connectivity index (χ3v) is 4.10. The first kappa shape index (κ1) is 10.7. The fourth-order valence-corrected chi connectivity index (χ4v) is 3.03. The van der Waals surface area contributed by atoms with E-state index in [1.54, 1.807) is 0 Å². The number of hydrogen-bond donors (Lipinski definition) is 1. The summed E-state index contributed by atoms with van der Waals surface area (Å²) >= 11 is 8.72. The van der Waals surface area contributed by atoms with E-state index in [-0.39, 0.29) is 11.7 Å². The predicted molar refractivity (Wildman–Crippen MR) is 64.5 cm³/mol. The van der Waals surface area contributed by atoms with Crippen LogP contribution in [0.4, 0.5) is 0 Å². The molecule has 2 rings (SSSR count). The van der Waals surface area contributed by atoms with Crippen molar-refractivity contribution >= 4 is 50.8 Å². The lowest BCUT2D eigenvalue weighted by molar-refractivity contribution is -0.115. The molecule has 1 aromatic heterocycles. The van der Waals surface area contributed by atoms with Gasteiger partial charge in [0.15, 0.2) is 4.34 Å². The third-order valence-electron chi connectivity index (χ3n) is 1.67. The number of nitrogens with zero attached hydrogens (tertiary/aromatic N) is 1. The van der Waals surface area contributed by atoms with E-state index >= 15 is 0 Å². The molecule has 0 spiro atoms. The van der Waals surface area contributed by atoms with Crippen molar-refractivity contribution in [1.29, 1.82) is 0 Å². The van der Waals surface area contributed by atoms with Crippen molar-refractivity contribution in [2.24, 2.45) is 5.73 Å². The van der Waals surface area contributed by atoms with Crippen LogP contribution in [-0.4, -0.2) is 16.6 Å². The Hall–Kier alpha value is -0.780. The van der Waals surface area contributed by atoms with Gasteiger partial charge in [0.25, 0.3) is 0 Å². The Balaban J connectivity index is 2.27. The molecule has 1 amide bonds. The van der Waals surface area contributed by atoms with Gasteiger partial charge in [0.1, 0.15) is 0 Å². The van der Waals surface area contributed by atoms with Crippen molar-refractivity contribution in [3.05, 3.63) is 23.2 Å². The number of hydrogen-bond acceptors (Lipinski definition) is 4. The average Bonchev–Trinajstić information content (AvgIpc) is 2.56. The molecule has 0 bridgehead atoms. The summed E-state index contributed by atoms with van der Waals surface area (Å²) in [5.74, 6) is -0.0783. The number of rotatable bonds is 3. The molecule has 0 radical (unpaired) electrons. The number of carbonyl (C=O) groups is 1. The number of thiazole rings is 1. The number of amides is 1. The fourth-order valence-electron chi connectivity index (χ4n) is 1.07. The largest absolute Gasteiger partial charge is 0.369 e. The molecule has 0 saturated heterocycles. The van der Waals surface area contributed by atoms with Gasteiger partial charge in [-0.3, -0.25) is 4.79 Å². The lowest BCUT2D eigenvalue weighted by Crippen LogP contribution is -2.12. The maximum atomic E-state index is 10.6. The summed E-state index contributed by atoms with van der Waals surface area (Å²) in [5, 5.41) is 0.666. The first-order chi connectivity index (χ1) is 7.15. The summed E-state index contributed by atoms with van der Waals surface area (Å²) in [6.45, 7) is 0. The molecular weight excluding hydrogens is 252 g/mol. The second-order valence-electron chi connectivity index (χ2n) is 2.85. The van der Waals surface area contributed by atoms with E-state index in [4.69, 9.17) is 17.3 Å². The Morgan fingerprint density at radius 2 is 2.40 bits per heavy atom. The van der Waals surface area contributed by atoms with Crippen LogP contribution in [0, 0.1) is 0 Å². The Bertz CT molecular complexity index is 512. The van der Waals surface area contributed by atoms with Crippen molar-refractivity contribution in [1.82, 2.24) is 4.98 Å². The first-order valence-electron chi connectivity index (χ1n) is 4.12. The van der Waals surface area contributed by atoms with Crippen molar-refractivity contribution in [3.8, 4) is 0 Å². The molecular formula is C9H7ClN2OS2. The predicted octanol–water partition coefficient (Wildman–Crippen LogP) is 2.53. The fraction of sp³-hybridized carbons (Fsp3) is 0.111. The van der Waals surface area contributed by atoms with Crippen LogP contribution in [0.25, 0.3) is 10.2 Å². The van der Waals surface area contributed by atoms with Gasteiger partial charge < -0.3 is 5.73 Å². The normalized spacial score (nSPS) is 10.7. The Morgan fingerprint density at radius 3 is 3.13 bits per heavy atom. The van der Waals surface area contributed by atoms with Crippen LogP contribution in [0.15, 0.2) is 22.5 Å². The number of nitrogens with two attached hydrogens (primary N) is 1. The van der Waals surface area contributed by atoms with Gasteiger partial charge in [0, 0.05) is 5.02 Å². The highest BCUT2D eigenvalue weighted by atomic mass is 35.5. The number of carbonyl (C=O) groups excluding carboxylic acids is 1. The molecule has 0 fully saturated rings. The van der Waals surface area contributed by atoms with Crippen LogP contribution in [0.3, 0.4) is 0 Å². The van der Waals surface area contributed by atoms with Gasteiger partial charge in [-0.05, 0) is 18.2 Å². The summed E-state index contributed by atoms with van der Waals surface area (Å²) in [6, 6.07) is 5.55. The highest BCUT2D eigenvalue weighted by molar-refractivity contribution is 8.01. The van der Waals surface area contributed by atoms with E-state index < -0.39 is 0 Å². The monoisotopic (exact) mass is 258 g/mol. The highest BCUT2D eigenvalue weighted by Crippen LogP contribution is 2.30. The summed E-state index contributed by atoms with van der Waals surface area (Å²) in [6.07, 6.45) is 0. The van der Waals surface area contributed by atoms with Gasteiger partial charge in [-0.1, -0.05) is 23.4 Å². The van der Waals surface area contributed by atoms with Gasteiger partial charge >= 0.3 is 0 Å². The number of thioether (sulfide) groups is 1. The number of primary amides is 1. The smallest absolute Gasteiger partial charge is 0.227 e. The number of fused-ring (bicyclic) bond motifs is 1. The molecule has 0 aliphatic carbocycles. The zero-order chi connectivity index (χ0) is 10.8. The van der Waals surface area contributed by atoms with Crippen LogP contribution in [0.5, 0.6) is 0 Å². The number of aromatic nitrogens is 1. The summed E-state index contributed by atoms with van der Waals surface area (Å²) < 4.78 is 1.90. The lowest BCUT2D eigenvalue weighted by Gasteiger charge is -1.89. The van der Waals surface area contributed by atoms with Gasteiger partial charge in [0.2, 0.25) is 5.91 Å². The molecule has 3 nitrogen and oxygen atoms in total. The van der Waals surface area contributed by atoms with E-state index in [0.29, 0.717) is 5.02 Å². The Morgan fingerprint density at radius 1 is 1.60 bits per heavy atom. The van der Waals surface area contributed by atoms with Gasteiger partial charge in [0.05, 0.1) is 16.0 Å². The zero-order valence-electron chi connectivity index (χ0n) is 7.57.